The van der Waals surface area contributed by atoms with Gasteiger partial charge in [0.1, 0.15) is 5.75 Å². The lowest BCUT2D eigenvalue weighted by molar-refractivity contribution is -0.135. The number of esters is 1. The van der Waals surface area contributed by atoms with E-state index >= 15 is 0 Å². The summed E-state index contributed by atoms with van der Waals surface area (Å²) in [4.78, 5) is 36.6. The van der Waals surface area contributed by atoms with Gasteiger partial charge < -0.3 is 14.8 Å². The van der Waals surface area contributed by atoms with E-state index in [2.05, 4.69) is 10.4 Å². The number of hydrogen-bond acceptors (Lipinski definition) is 6. The van der Waals surface area contributed by atoms with Crippen LogP contribution in [0.25, 0.3) is 0 Å². The van der Waals surface area contributed by atoms with E-state index in [9.17, 15) is 14.4 Å². The van der Waals surface area contributed by atoms with E-state index in [-0.39, 0.29) is 23.5 Å². The van der Waals surface area contributed by atoms with E-state index in [4.69, 9.17) is 9.47 Å². The van der Waals surface area contributed by atoms with Crippen LogP contribution in [0.1, 0.15) is 47.1 Å². The normalized spacial score (nSPS) is 14.7. The summed E-state index contributed by atoms with van der Waals surface area (Å²) in [6, 6.07) is 21.1. The zero-order valence-corrected chi connectivity index (χ0v) is 18.9. The van der Waals surface area contributed by atoms with Gasteiger partial charge in [0.2, 0.25) is 18.0 Å². The van der Waals surface area contributed by atoms with Crippen molar-refractivity contribution in [2.45, 2.75) is 27.0 Å². The van der Waals surface area contributed by atoms with Gasteiger partial charge in [0.05, 0.1) is 5.56 Å². The van der Waals surface area contributed by atoms with E-state index in [1.54, 1.807) is 54.6 Å². The number of carbonyl (C=O) groups is 3. The SMILES string of the molecule is CC(=O)Oc1ccccc1C1=NN(C(C)=O)C(c2cccc(NC(=O)c3ccccc3C)c2)O1. The Morgan fingerprint density at radius 3 is 2.44 bits per heavy atom. The van der Waals surface area contributed by atoms with Gasteiger partial charge in [0.15, 0.2) is 0 Å². The monoisotopic (exact) mass is 457 g/mol. The lowest BCUT2D eigenvalue weighted by atomic mass is 10.1. The summed E-state index contributed by atoms with van der Waals surface area (Å²) in [6.45, 7) is 4.55. The Hall–Kier alpha value is -4.46. The lowest BCUT2D eigenvalue weighted by Gasteiger charge is -2.20. The summed E-state index contributed by atoms with van der Waals surface area (Å²) < 4.78 is 11.3. The number of anilines is 1. The maximum Gasteiger partial charge on any atom is 0.308 e. The van der Waals surface area contributed by atoms with E-state index in [1.807, 2.05) is 25.1 Å². The zero-order valence-electron chi connectivity index (χ0n) is 18.9. The van der Waals surface area contributed by atoms with Crippen molar-refractivity contribution in [2.24, 2.45) is 5.10 Å². The molecule has 3 aromatic rings. The predicted molar refractivity (Wildman–Crippen MR) is 126 cm³/mol. The smallest absolute Gasteiger partial charge is 0.308 e. The highest BCUT2D eigenvalue weighted by Gasteiger charge is 2.34. The molecule has 0 aromatic heterocycles. The minimum Gasteiger partial charge on any atom is -0.446 e. The van der Waals surface area contributed by atoms with Crippen molar-refractivity contribution in [3.63, 3.8) is 0 Å². The van der Waals surface area contributed by atoms with Crippen LogP contribution in [0.4, 0.5) is 5.69 Å². The van der Waals surface area contributed by atoms with Crippen molar-refractivity contribution in [3.05, 3.63) is 95.1 Å². The number of para-hydroxylation sites is 1. The molecule has 0 spiro atoms. The van der Waals surface area contributed by atoms with Crippen LogP contribution >= 0.6 is 0 Å². The number of hydrogen-bond donors (Lipinski definition) is 1. The highest BCUT2D eigenvalue weighted by molar-refractivity contribution is 6.05. The minimum absolute atomic E-state index is 0.145. The third-order valence-electron chi connectivity index (χ3n) is 5.16. The number of ether oxygens (including phenoxy) is 2. The Labute approximate surface area is 196 Å². The fourth-order valence-electron chi connectivity index (χ4n) is 3.57. The summed E-state index contributed by atoms with van der Waals surface area (Å²) in [5, 5.41) is 8.43. The number of rotatable bonds is 5. The molecule has 1 heterocycles. The van der Waals surface area contributed by atoms with Crippen molar-refractivity contribution in [1.82, 2.24) is 5.01 Å². The van der Waals surface area contributed by atoms with E-state index in [0.717, 1.165) is 5.56 Å². The number of carbonyl (C=O) groups excluding carboxylic acids is 3. The first kappa shape index (κ1) is 22.7. The number of aryl methyl sites for hydroxylation is 1. The zero-order chi connectivity index (χ0) is 24.2. The van der Waals surface area contributed by atoms with E-state index in [0.29, 0.717) is 22.4 Å². The molecule has 4 rings (SSSR count). The average molecular weight is 457 g/mol. The number of amides is 2. The van der Waals surface area contributed by atoms with Crippen LogP contribution in [0.2, 0.25) is 0 Å². The second-order valence-electron chi connectivity index (χ2n) is 7.72. The standard InChI is InChI=1S/C26H23N3O5/c1-16-9-4-5-12-21(16)24(32)27-20-11-8-10-19(15-20)26-29(17(2)30)28-25(34-26)22-13-6-7-14-23(22)33-18(3)31/h4-15,26H,1-3H3,(H,27,32). The van der Waals surface area contributed by atoms with Crippen molar-refractivity contribution >= 4 is 29.4 Å². The molecule has 1 aliphatic rings. The van der Waals surface area contributed by atoms with Crippen LogP contribution in [0.3, 0.4) is 0 Å². The van der Waals surface area contributed by atoms with Gasteiger partial charge in [-0.1, -0.05) is 42.5 Å². The van der Waals surface area contributed by atoms with Crippen molar-refractivity contribution in [2.75, 3.05) is 5.32 Å². The summed E-state index contributed by atoms with van der Waals surface area (Å²) in [7, 11) is 0. The van der Waals surface area contributed by atoms with Gasteiger partial charge in [-0.2, -0.15) is 5.01 Å². The maximum atomic E-state index is 12.7. The van der Waals surface area contributed by atoms with Gasteiger partial charge in [-0.05, 0) is 42.8 Å². The number of benzene rings is 3. The van der Waals surface area contributed by atoms with Crippen LogP contribution in [-0.2, 0) is 14.3 Å². The fourth-order valence-corrected chi connectivity index (χ4v) is 3.57. The van der Waals surface area contributed by atoms with Gasteiger partial charge in [0.25, 0.3) is 5.91 Å². The fraction of sp³-hybridized carbons (Fsp3) is 0.154. The van der Waals surface area contributed by atoms with Crippen molar-refractivity contribution < 1.29 is 23.9 Å². The molecule has 172 valence electrons. The van der Waals surface area contributed by atoms with Gasteiger partial charge >= 0.3 is 5.97 Å². The molecule has 0 saturated heterocycles. The molecular weight excluding hydrogens is 434 g/mol. The van der Waals surface area contributed by atoms with Crippen molar-refractivity contribution in [3.8, 4) is 5.75 Å². The number of nitrogens with one attached hydrogen (secondary N) is 1. The summed E-state index contributed by atoms with van der Waals surface area (Å²) in [5.41, 5.74) is 3.04. The first-order chi connectivity index (χ1) is 16.3. The van der Waals surface area contributed by atoms with Crippen LogP contribution in [0.15, 0.2) is 77.9 Å². The molecule has 8 heteroatoms. The van der Waals surface area contributed by atoms with Gasteiger partial charge in [-0.3, -0.25) is 14.4 Å². The molecule has 1 unspecified atom stereocenters. The van der Waals surface area contributed by atoms with E-state index in [1.165, 1.54) is 18.9 Å². The maximum absolute atomic E-state index is 12.7. The largest absolute Gasteiger partial charge is 0.446 e. The van der Waals surface area contributed by atoms with Gasteiger partial charge in [-0.25, -0.2) is 0 Å². The Kier molecular flexibility index (Phi) is 6.40. The third-order valence-corrected chi connectivity index (χ3v) is 5.16. The Bertz CT molecular complexity index is 1300. The molecule has 1 N–H and O–H groups in total. The molecule has 2 amide bonds. The topological polar surface area (TPSA) is 97.3 Å². The summed E-state index contributed by atoms with van der Waals surface area (Å²) >= 11 is 0. The molecule has 3 aromatic carbocycles. The van der Waals surface area contributed by atoms with Gasteiger partial charge in [0, 0.05) is 30.7 Å². The molecule has 34 heavy (non-hydrogen) atoms. The minimum atomic E-state index is -0.854. The Balaban J connectivity index is 1.60. The Morgan fingerprint density at radius 1 is 0.971 bits per heavy atom. The third kappa shape index (κ3) is 4.80. The first-order valence-electron chi connectivity index (χ1n) is 10.6. The summed E-state index contributed by atoms with van der Waals surface area (Å²) in [6.07, 6.45) is -0.854. The number of hydrazone groups is 1. The molecule has 8 nitrogen and oxygen atoms in total. The number of nitrogens with zero attached hydrogens (tertiary/aromatic N) is 2. The van der Waals surface area contributed by atoms with Crippen molar-refractivity contribution in [1.29, 1.82) is 0 Å². The highest BCUT2D eigenvalue weighted by Crippen LogP contribution is 2.33. The summed E-state index contributed by atoms with van der Waals surface area (Å²) in [5.74, 6) is -0.635. The molecule has 0 aliphatic carbocycles. The molecule has 0 fully saturated rings. The van der Waals surface area contributed by atoms with Crippen LogP contribution in [0, 0.1) is 6.92 Å². The lowest BCUT2D eigenvalue weighted by Crippen LogP contribution is -2.25. The second-order valence-corrected chi connectivity index (χ2v) is 7.72. The van der Waals surface area contributed by atoms with Crippen LogP contribution in [0.5, 0.6) is 5.75 Å². The molecule has 1 aliphatic heterocycles. The van der Waals surface area contributed by atoms with Crippen LogP contribution < -0.4 is 10.1 Å². The molecule has 0 radical (unpaired) electrons. The van der Waals surface area contributed by atoms with E-state index < -0.39 is 12.2 Å². The predicted octanol–water partition coefficient (Wildman–Crippen LogP) is 4.41. The molecule has 0 saturated carbocycles. The average Bonchev–Trinajstić information content (AvgIpc) is 3.25. The molecule has 0 bridgehead atoms. The van der Waals surface area contributed by atoms with Gasteiger partial charge in [-0.15, -0.1) is 5.10 Å². The Morgan fingerprint density at radius 2 is 1.71 bits per heavy atom. The first-order valence-corrected chi connectivity index (χ1v) is 10.6. The molecular formula is C26H23N3O5. The highest BCUT2D eigenvalue weighted by atomic mass is 16.5. The van der Waals surface area contributed by atoms with Crippen LogP contribution in [-0.4, -0.2) is 28.7 Å². The molecule has 1 atom stereocenters. The quantitative estimate of drug-likeness (QED) is 0.452. The second kappa shape index (κ2) is 9.58.